The van der Waals surface area contributed by atoms with Crippen molar-refractivity contribution in [2.75, 3.05) is 5.75 Å². The first-order chi connectivity index (χ1) is 8.12. The van der Waals surface area contributed by atoms with Gasteiger partial charge in [0.1, 0.15) is 12.4 Å². The minimum absolute atomic E-state index is 0.0753. The lowest BCUT2D eigenvalue weighted by Crippen LogP contribution is -2.19. The second kappa shape index (κ2) is 4.84. The zero-order valence-corrected chi connectivity index (χ0v) is 10.2. The van der Waals surface area contributed by atoms with Crippen LogP contribution in [0.25, 0.3) is 0 Å². The van der Waals surface area contributed by atoms with E-state index >= 15 is 0 Å². The van der Waals surface area contributed by atoms with E-state index in [-0.39, 0.29) is 11.6 Å². The first-order valence-corrected chi connectivity index (χ1v) is 7.28. The van der Waals surface area contributed by atoms with E-state index in [0.29, 0.717) is 12.3 Å². The summed E-state index contributed by atoms with van der Waals surface area (Å²) < 4.78 is 24.5. The average molecular weight is 254 g/mol. The molecule has 0 spiro atoms. The van der Waals surface area contributed by atoms with Crippen LogP contribution in [-0.4, -0.2) is 28.3 Å². The summed E-state index contributed by atoms with van der Waals surface area (Å²) in [7, 11) is -3.45. The maximum Gasteiger partial charge on any atom is 0.255 e. The highest BCUT2D eigenvalue weighted by atomic mass is 32.2. The van der Waals surface area contributed by atoms with Crippen molar-refractivity contribution in [2.45, 2.75) is 32.1 Å². The van der Waals surface area contributed by atoms with Gasteiger partial charge in [-0.3, -0.25) is 0 Å². The molecule has 0 amide bonds. The maximum atomic E-state index is 11.9. The van der Waals surface area contributed by atoms with Crippen LogP contribution in [0, 0.1) is 17.2 Å². The minimum Gasteiger partial charge on any atom is -0.205 e. The number of nitrogens with zero attached hydrogens (tertiary/aromatic N) is 4. The fourth-order valence-electron chi connectivity index (χ4n) is 2.14. The Kier molecular flexibility index (Phi) is 3.43. The van der Waals surface area contributed by atoms with Crippen LogP contribution in [0.3, 0.4) is 0 Å². The minimum atomic E-state index is -3.45. The molecule has 1 heterocycles. The van der Waals surface area contributed by atoms with Gasteiger partial charge in [0.2, 0.25) is 0 Å². The lowest BCUT2D eigenvalue weighted by atomic mass is 10.1. The fourth-order valence-corrected chi connectivity index (χ4v) is 3.35. The molecule has 0 aromatic carbocycles. The van der Waals surface area contributed by atoms with Crippen molar-refractivity contribution in [2.24, 2.45) is 5.92 Å². The molecule has 1 saturated carbocycles. The van der Waals surface area contributed by atoms with Crippen LogP contribution in [-0.2, 0) is 10.0 Å². The quantitative estimate of drug-likeness (QED) is 0.796. The van der Waals surface area contributed by atoms with Crippen molar-refractivity contribution in [3.8, 4) is 6.07 Å². The molecule has 1 aromatic rings. The highest BCUT2D eigenvalue weighted by Crippen LogP contribution is 2.27. The number of hydrogen-bond acceptors (Lipinski definition) is 5. The van der Waals surface area contributed by atoms with Gasteiger partial charge in [-0.25, -0.2) is 13.4 Å². The molecule has 0 atom stereocenters. The zero-order chi connectivity index (χ0) is 12.3. The molecule has 6 nitrogen and oxygen atoms in total. The molecule has 0 radical (unpaired) electrons. The third kappa shape index (κ3) is 2.82. The van der Waals surface area contributed by atoms with Crippen molar-refractivity contribution in [1.82, 2.24) is 14.2 Å². The Labute approximate surface area is 100 Å². The summed E-state index contributed by atoms with van der Waals surface area (Å²) in [6.07, 6.45) is 6.40. The molecule has 92 valence electrons. The number of nitriles is 1. The lowest BCUT2D eigenvalue weighted by Gasteiger charge is -2.08. The highest BCUT2D eigenvalue weighted by molar-refractivity contribution is 7.89. The Morgan fingerprint density at radius 2 is 2.18 bits per heavy atom. The molecule has 1 fully saturated rings. The Morgan fingerprint density at radius 1 is 1.47 bits per heavy atom. The van der Waals surface area contributed by atoms with E-state index in [1.165, 1.54) is 12.8 Å². The van der Waals surface area contributed by atoms with E-state index in [4.69, 9.17) is 5.26 Å². The van der Waals surface area contributed by atoms with Gasteiger partial charge >= 0.3 is 0 Å². The average Bonchev–Trinajstić information content (AvgIpc) is 2.98. The first kappa shape index (κ1) is 12.0. The molecule has 0 unspecified atom stereocenters. The van der Waals surface area contributed by atoms with Gasteiger partial charge in [-0.05, 0) is 12.3 Å². The van der Waals surface area contributed by atoms with Gasteiger partial charge in [-0.1, -0.05) is 25.7 Å². The summed E-state index contributed by atoms with van der Waals surface area (Å²) in [6.45, 7) is 0. The highest BCUT2D eigenvalue weighted by Gasteiger charge is 2.21. The first-order valence-electron chi connectivity index (χ1n) is 5.67. The summed E-state index contributed by atoms with van der Waals surface area (Å²) in [5.74, 6) is 0.476. The van der Waals surface area contributed by atoms with Crippen LogP contribution in [0.4, 0.5) is 0 Å². The molecular formula is C10H14N4O2S. The Balaban J connectivity index is 2.00. The van der Waals surface area contributed by atoms with E-state index in [2.05, 4.69) is 10.1 Å². The van der Waals surface area contributed by atoms with Crippen LogP contribution in [0.15, 0.2) is 6.33 Å². The standard InChI is InChI=1S/C10H14N4O2S/c11-7-10-12-8-14(13-10)17(15,16)6-5-9-3-1-2-4-9/h8-9H,1-6H2. The molecule has 0 saturated heterocycles. The number of hydrogen-bond donors (Lipinski definition) is 0. The molecule has 2 rings (SSSR count). The van der Waals surface area contributed by atoms with Gasteiger partial charge in [-0.2, -0.15) is 5.26 Å². The van der Waals surface area contributed by atoms with Gasteiger partial charge in [0, 0.05) is 0 Å². The Hall–Kier alpha value is -1.42. The molecular weight excluding hydrogens is 240 g/mol. The van der Waals surface area contributed by atoms with E-state index in [1.807, 2.05) is 0 Å². The fraction of sp³-hybridized carbons (Fsp3) is 0.700. The summed E-state index contributed by atoms with van der Waals surface area (Å²) in [5, 5.41) is 12.1. The Morgan fingerprint density at radius 3 is 2.76 bits per heavy atom. The molecule has 0 bridgehead atoms. The van der Waals surface area contributed by atoms with Crippen molar-refractivity contribution >= 4 is 10.0 Å². The van der Waals surface area contributed by atoms with Crippen LogP contribution < -0.4 is 0 Å². The third-order valence-corrected chi connectivity index (χ3v) is 4.61. The molecule has 7 heteroatoms. The van der Waals surface area contributed by atoms with E-state index in [9.17, 15) is 8.42 Å². The normalized spacial score (nSPS) is 17.1. The van der Waals surface area contributed by atoms with Crippen molar-refractivity contribution in [1.29, 1.82) is 5.26 Å². The Bertz CT molecular complexity index is 523. The van der Waals surface area contributed by atoms with Crippen LogP contribution >= 0.6 is 0 Å². The lowest BCUT2D eigenvalue weighted by molar-refractivity contribution is 0.516. The molecule has 1 aliphatic rings. The van der Waals surface area contributed by atoms with Crippen molar-refractivity contribution in [3.05, 3.63) is 12.2 Å². The van der Waals surface area contributed by atoms with E-state index < -0.39 is 10.0 Å². The van der Waals surface area contributed by atoms with Gasteiger partial charge in [-0.15, -0.1) is 9.19 Å². The molecule has 17 heavy (non-hydrogen) atoms. The van der Waals surface area contributed by atoms with Gasteiger partial charge in [0.15, 0.2) is 0 Å². The predicted octanol–water partition coefficient (Wildman–Crippen LogP) is 0.908. The monoisotopic (exact) mass is 254 g/mol. The zero-order valence-electron chi connectivity index (χ0n) is 9.41. The molecule has 1 aromatic heterocycles. The van der Waals surface area contributed by atoms with Crippen molar-refractivity contribution < 1.29 is 8.42 Å². The third-order valence-electron chi connectivity index (χ3n) is 3.12. The van der Waals surface area contributed by atoms with Crippen LogP contribution in [0.5, 0.6) is 0 Å². The summed E-state index contributed by atoms with van der Waals surface area (Å²) in [6, 6.07) is 1.71. The summed E-state index contributed by atoms with van der Waals surface area (Å²) in [5.41, 5.74) is 0. The van der Waals surface area contributed by atoms with Gasteiger partial charge in [0.05, 0.1) is 5.75 Å². The molecule has 0 N–H and O–H groups in total. The summed E-state index contributed by atoms with van der Waals surface area (Å²) in [4.78, 5) is 3.59. The summed E-state index contributed by atoms with van der Waals surface area (Å²) >= 11 is 0. The molecule has 1 aliphatic carbocycles. The van der Waals surface area contributed by atoms with Crippen LogP contribution in [0.2, 0.25) is 0 Å². The smallest absolute Gasteiger partial charge is 0.205 e. The van der Waals surface area contributed by atoms with Gasteiger partial charge < -0.3 is 0 Å². The second-order valence-electron chi connectivity index (χ2n) is 4.31. The van der Waals surface area contributed by atoms with E-state index in [1.54, 1.807) is 6.07 Å². The number of rotatable bonds is 4. The van der Waals surface area contributed by atoms with Crippen LogP contribution in [0.1, 0.15) is 37.9 Å². The van der Waals surface area contributed by atoms with Gasteiger partial charge in [0.25, 0.3) is 15.8 Å². The SMILES string of the molecule is N#Cc1ncn(S(=O)(=O)CCC2CCCC2)n1. The number of aromatic nitrogens is 3. The predicted molar refractivity (Wildman–Crippen MR) is 60.5 cm³/mol. The van der Waals surface area contributed by atoms with Crippen molar-refractivity contribution in [3.63, 3.8) is 0 Å². The van der Waals surface area contributed by atoms with E-state index in [0.717, 1.165) is 23.3 Å². The topological polar surface area (TPSA) is 88.6 Å². The largest absolute Gasteiger partial charge is 0.255 e. The maximum absolute atomic E-state index is 11.9. The second-order valence-corrected chi connectivity index (χ2v) is 6.25. The molecule has 0 aliphatic heterocycles.